The van der Waals surface area contributed by atoms with Crippen LogP contribution in [0.4, 0.5) is 0 Å². The van der Waals surface area contributed by atoms with Crippen LogP contribution in [0, 0.1) is 0 Å². The zero-order chi connectivity index (χ0) is 10.6. The number of fused-ring (bicyclic) bond motifs is 1. The maximum Gasteiger partial charge on any atom is 0.114 e. The van der Waals surface area contributed by atoms with E-state index in [1.165, 1.54) is 0 Å². The smallest absolute Gasteiger partial charge is 0.114 e. The highest BCUT2D eigenvalue weighted by Gasteiger charge is 2.46. The first kappa shape index (κ1) is 11.8. The van der Waals surface area contributed by atoms with Crippen LogP contribution in [-0.4, -0.2) is 71.3 Å². The molecule has 2 heterocycles. The average Bonchev–Trinajstić information content (AvgIpc) is 2.73. The predicted octanol–water partition coefficient (Wildman–Crippen LogP) is -2.52. The Morgan fingerprint density at radius 3 is 1.50 bits per heavy atom. The molecule has 0 aromatic heterocycles. The predicted molar refractivity (Wildman–Crippen MR) is 45.7 cm³/mol. The fourth-order valence-corrected chi connectivity index (χ4v) is 1.46. The van der Waals surface area contributed by atoms with Crippen molar-refractivity contribution in [3.63, 3.8) is 0 Å². The van der Waals surface area contributed by atoms with Gasteiger partial charge < -0.3 is 29.9 Å². The van der Waals surface area contributed by atoms with Gasteiger partial charge in [0.25, 0.3) is 0 Å². The highest BCUT2D eigenvalue weighted by molar-refractivity contribution is 4.93. The quantitative estimate of drug-likeness (QED) is 0.379. The van der Waals surface area contributed by atoms with Crippen LogP contribution in [0.25, 0.3) is 0 Å². The number of ether oxygens (including phenoxy) is 2. The maximum atomic E-state index is 9.16. The van der Waals surface area contributed by atoms with E-state index in [1.54, 1.807) is 0 Å². The van der Waals surface area contributed by atoms with Crippen LogP contribution >= 0.6 is 0 Å². The lowest BCUT2D eigenvalue weighted by atomic mass is 10.1. The summed E-state index contributed by atoms with van der Waals surface area (Å²) >= 11 is 0. The van der Waals surface area contributed by atoms with Gasteiger partial charge in [0.1, 0.15) is 24.4 Å². The van der Waals surface area contributed by atoms with Crippen molar-refractivity contribution in [2.45, 2.75) is 24.4 Å². The SMILES string of the molecule is OCCO.O[C@@H]1CO[C@H]2[C@@H]1OC[C@@H]2O. The summed E-state index contributed by atoms with van der Waals surface area (Å²) in [4.78, 5) is 0. The van der Waals surface area contributed by atoms with Gasteiger partial charge in [-0.1, -0.05) is 0 Å². The second-order valence-corrected chi connectivity index (χ2v) is 3.18. The summed E-state index contributed by atoms with van der Waals surface area (Å²) in [5.74, 6) is 0. The Labute approximate surface area is 81.7 Å². The Bertz CT molecular complexity index is 146. The summed E-state index contributed by atoms with van der Waals surface area (Å²) in [5.41, 5.74) is 0. The standard InChI is InChI=1S/C6H10O4.C2H6O2/c7-3-1-9-6-4(8)2-10-5(3)6;3-1-2-4/h3-8H,1-2H2;3-4H,1-2H2/t3-,4+,5-,6-;/m1./s1. The molecule has 0 aromatic rings. The Morgan fingerprint density at radius 2 is 1.21 bits per heavy atom. The van der Waals surface area contributed by atoms with E-state index in [0.717, 1.165) is 0 Å². The monoisotopic (exact) mass is 208 g/mol. The van der Waals surface area contributed by atoms with Crippen LogP contribution in [0.2, 0.25) is 0 Å². The molecule has 2 fully saturated rings. The van der Waals surface area contributed by atoms with E-state index in [2.05, 4.69) is 0 Å². The van der Waals surface area contributed by atoms with Crippen LogP contribution in [0.3, 0.4) is 0 Å². The molecule has 84 valence electrons. The summed E-state index contributed by atoms with van der Waals surface area (Å²) in [5, 5.41) is 33.6. The lowest BCUT2D eigenvalue weighted by molar-refractivity contribution is 0.00205. The molecule has 2 rings (SSSR count). The zero-order valence-electron chi connectivity index (χ0n) is 7.74. The summed E-state index contributed by atoms with van der Waals surface area (Å²) in [6, 6.07) is 0. The van der Waals surface area contributed by atoms with Crippen LogP contribution in [0.15, 0.2) is 0 Å². The minimum absolute atomic E-state index is 0.125. The van der Waals surface area contributed by atoms with Crippen molar-refractivity contribution in [3.05, 3.63) is 0 Å². The van der Waals surface area contributed by atoms with E-state index in [4.69, 9.17) is 29.9 Å². The molecule has 0 aromatic carbocycles. The van der Waals surface area contributed by atoms with Crippen LogP contribution < -0.4 is 0 Å². The van der Waals surface area contributed by atoms with Crippen molar-refractivity contribution in [1.82, 2.24) is 0 Å². The fourth-order valence-electron chi connectivity index (χ4n) is 1.46. The van der Waals surface area contributed by atoms with E-state index >= 15 is 0 Å². The Hall–Kier alpha value is -0.240. The molecule has 0 amide bonds. The summed E-state index contributed by atoms with van der Waals surface area (Å²) in [6.45, 7) is 0.318. The van der Waals surface area contributed by atoms with E-state index in [-0.39, 0.29) is 38.6 Å². The van der Waals surface area contributed by atoms with Gasteiger partial charge in [-0.2, -0.15) is 0 Å². The van der Waals surface area contributed by atoms with Crippen molar-refractivity contribution in [2.75, 3.05) is 26.4 Å². The molecule has 0 aliphatic carbocycles. The van der Waals surface area contributed by atoms with Gasteiger partial charge >= 0.3 is 0 Å². The number of aliphatic hydroxyl groups is 4. The molecule has 2 saturated heterocycles. The molecule has 0 radical (unpaired) electrons. The van der Waals surface area contributed by atoms with Crippen molar-refractivity contribution >= 4 is 0 Å². The topological polar surface area (TPSA) is 99.4 Å². The van der Waals surface area contributed by atoms with Crippen molar-refractivity contribution in [1.29, 1.82) is 0 Å². The van der Waals surface area contributed by atoms with Gasteiger partial charge in [-0.05, 0) is 0 Å². The van der Waals surface area contributed by atoms with Crippen molar-refractivity contribution in [2.24, 2.45) is 0 Å². The third kappa shape index (κ3) is 2.63. The first-order valence-corrected chi connectivity index (χ1v) is 4.51. The summed E-state index contributed by atoms with van der Waals surface area (Å²) in [7, 11) is 0. The molecule has 2 aliphatic heterocycles. The van der Waals surface area contributed by atoms with Gasteiger partial charge in [-0.25, -0.2) is 0 Å². The van der Waals surface area contributed by atoms with Gasteiger partial charge in [-0.15, -0.1) is 0 Å². The second-order valence-electron chi connectivity index (χ2n) is 3.18. The van der Waals surface area contributed by atoms with Gasteiger partial charge in [0.05, 0.1) is 26.4 Å². The van der Waals surface area contributed by atoms with E-state index in [0.29, 0.717) is 0 Å². The van der Waals surface area contributed by atoms with Gasteiger partial charge in [0, 0.05) is 0 Å². The molecular formula is C8H16O6. The van der Waals surface area contributed by atoms with E-state index < -0.39 is 12.2 Å². The summed E-state index contributed by atoms with van der Waals surface area (Å²) < 4.78 is 10.2. The van der Waals surface area contributed by atoms with Crippen molar-refractivity contribution < 1.29 is 29.9 Å². The maximum absolute atomic E-state index is 9.16. The Kier molecular flexibility index (Phi) is 4.73. The second kappa shape index (κ2) is 5.59. The number of hydrogen-bond donors (Lipinski definition) is 4. The molecule has 0 unspecified atom stereocenters. The van der Waals surface area contributed by atoms with Gasteiger partial charge in [-0.3, -0.25) is 0 Å². The normalized spacial score (nSPS) is 40.3. The molecule has 0 saturated carbocycles. The van der Waals surface area contributed by atoms with E-state index in [9.17, 15) is 0 Å². The molecule has 0 spiro atoms. The molecule has 14 heavy (non-hydrogen) atoms. The fraction of sp³-hybridized carbons (Fsp3) is 1.00. The lowest BCUT2D eigenvalue weighted by Gasteiger charge is -2.09. The van der Waals surface area contributed by atoms with Crippen LogP contribution in [0.5, 0.6) is 0 Å². The van der Waals surface area contributed by atoms with E-state index in [1.807, 2.05) is 0 Å². The van der Waals surface area contributed by atoms with Crippen LogP contribution in [-0.2, 0) is 9.47 Å². The Balaban J connectivity index is 0.000000213. The Morgan fingerprint density at radius 1 is 0.857 bits per heavy atom. The van der Waals surface area contributed by atoms with Gasteiger partial charge in [0.2, 0.25) is 0 Å². The average molecular weight is 208 g/mol. The highest BCUT2D eigenvalue weighted by Crippen LogP contribution is 2.26. The third-order valence-corrected chi connectivity index (χ3v) is 2.10. The van der Waals surface area contributed by atoms with Crippen LogP contribution in [0.1, 0.15) is 0 Å². The first-order valence-electron chi connectivity index (χ1n) is 4.51. The minimum Gasteiger partial charge on any atom is -0.394 e. The molecule has 2 aliphatic rings. The zero-order valence-corrected chi connectivity index (χ0v) is 7.74. The molecule has 6 nitrogen and oxygen atoms in total. The largest absolute Gasteiger partial charge is 0.394 e. The number of hydrogen-bond acceptors (Lipinski definition) is 6. The molecule has 4 atom stereocenters. The summed E-state index contributed by atoms with van der Waals surface area (Å²) in [6.07, 6.45) is -1.70. The number of aliphatic hydroxyl groups excluding tert-OH is 4. The van der Waals surface area contributed by atoms with Crippen molar-refractivity contribution in [3.8, 4) is 0 Å². The van der Waals surface area contributed by atoms with Gasteiger partial charge in [0.15, 0.2) is 0 Å². The molecule has 4 N–H and O–H groups in total. The first-order chi connectivity index (χ1) is 6.70. The molecule has 0 bridgehead atoms. The molecule has 6 heteroatoms. The minimum atomic E-state index is -0.554. The molecular weight excluding hydrogens is 192 g/mol. The third-order valence-electron chi connectivity index (χ3n) is 2.10. The highest BCUT2D eigenvalue weighted by atomic mass is 16.6. The number of rotatable bonds is 1. The lowest BCUT2D eigenvalue weighted by Crippen LogP contribution is -2.30.